The molecular formula is C16H16OS. The Morgan fingerprint density at radius 1 is 1.06 bits per heavy atom. The first kappa shape index (κ1) is 12.9. The lowest BCUT2D eigenvalue weighted by atomic mass is 10.1. The molecule has 2 aromatic rings. The van der Waals surface area contributed by atoms with Crippen LogP contribution in [-0.4, -0.2) is 6.29 Å². The summed E-state index contributed by atoms with van der Waals surface area (Å²) in [5.74, 6) is 0.965. The van der Waals surface area contributed by atoms with Gasteiger partial charge in [-0.2, -0.15) is 0 Å². The minimum absolute atomic E-state index is 0.773. The summed E-state index contributed by atoms with van der Waals surface area (Å²) in [5.41, 5.74) is 4.50. The van der Waals surface area contributed by atoms with Crippen molar-refractivity contribution in [2.24, 2.45) is 0 Å². The Kier molecular flexibility index (Phi) is 4.21. The Hall–Kier alpha value is -1.54. The average molecular weight is 256 g/mol. The number of hydrogen-bond acceptors (Lipinski definition) is 2. The van der Waals surface area contributed by atoms with Crippen LogP contribution in [0.3, 0.4) is 0 Å². The van der Waals surface area contributed by atoms with Crippen molar-refractivity contribution in [2.45, 2.75) is 24.5 Å². The highest BCUT2D eigenvalue weighted by molar-refractivity contribution is 7.98. The van der Waals surface area contributed by atoms with Crippen molar-refractivity contribution in [2.75, 3.05) is 0 Å². The Bertz CT molecular complexity index is 561. The highest BCUT2D eigenvalue weighted by Crippen LogP contribution is 2.25. The molecule has 0 fully saturated rings. The van der Waals surface area contributed by atoms with Gasteiger partial charge in [0, 0.05) is 16.2 Å². The molecule has 0 aliphatic heterocycles. The van der Waals surface area contributed by atoms with E-state index in [9.17, 15) is 4.79 Å². The Labute approximate surface area is 112 Å². The Morgan fingerprint density at radius 2 is 1.83 bits per heavy atom. The van der Waals surface area contributed by atoms with Gasteiger partial charge in [-0.05, 0) is 42.7 Å². The maximum Gasteiger partial charge on any atom is 0.150 e. The number of aryl methyl sites for hydroxylation is 2. The lowest BCUT2D eigenvalue weighted by molar-refractivity contribution is 0.112. The van der Waals surface area contributed by atoms with E-state index >= 15 is 0 Å². The van der Waals surface area contributed by atoms with Gasteiger partial charge in [-0.3, -0.25) is 4.79 Å². The number of carbonyl (C=O) groups excluding carboxylic acids is 1. The minimum Gasteiger partial charge on any atom is -0.298 e. The van der Waals surface area contributed by atoms with Crippen LogP contribution in [0.15, 0.2) is 47.4 Å². The number of hydrogen-bond donors (Lipinski definition) is 0. The van der Waals surface area contributed by atoms with Gasteiger partial charge in [0.05, 0.1) is 0 Å². The molecule has 0 heterocycles. The van der Waals surface area contributed by atoms with Crippen LogP contribution in [0, 0.1) is 13.8 Å². The van der Waals surface area contributed by atoms with Crippen LogP contribution in [0.25, 0.3) is 0 Å². The molecule has 0 N–H and O–H groups in total. The van der Waals surface area contributed by atoms with Crippen LogP contribution in [0.4, 0.5) is 0 Å². The summed E-state index contributed by atoms with van der Waals surface area (Å²) in [5, 5.41) is 0. The zero-order valence-electron chi connectivity index (χ0n) is 10.6. The van der Waals surface area contributed by atoms with Crippen LogP contribution >= 0.6 is 11.8 Å². The highest BCUT2D eigenvalue weighted by Gasteiger charge is 2.02. The molecule has 0 saturated carbocycles. The van der Waals surface area contributed by atoms with Crippen LogP contribution in [0.2, 0.25) is 0 Å². The molecule has 0 atom stereocenters. The molecule has 0 saturated heterocycles. The van der Waals surface area contributed by atoms with Gasteiger partial charge in [-0.15, -0.1) is 11.8 Å². The third-order valence-corrected chi connectivity index (χ3v) is 4.07. The van der Waals surface area contributed by atoms with E-state index < -0.39 is 0 Å². The van der Waals surface area contributed by atoms with Crippen molar-refractivity contribution in [3.8, 4) is 0 Å². The van der Waals surface area contributed by atoms with Crippen molar-refractivity contribution in [1.29, 1.82) is 0 Å². The van der Waals surface area contributed by atoms with Gasteiger partial charge in [0.15, 0.2) is 0 Å². The molecular weight excluding hydrogens is 240 g/mol. The minimum atomic E-state index is 0.773. The monoisotopic (exact) mass is 256 g/mol. The van der Waals surface area contributed by atoms with E-state index in [0.717, 1.165) is 23.2 Å². The number of aldehydes is 1. The molecule has 0 bridgehead atoms. The van der Waals surface area contributed by atoms with E-state index in [1.165, 1.54) is 16.0 Å². The summed E-state index contributed by atoms with van der Waals surface area (Å²) in [6.45, 7) is 4.11. The van der Waals surface area contributed by atoms with Gasteiger partial charge >= 0.3 is 0 Å². The van der Waals surface area contributed by atoms with Crippen LogP contribution in [0.5, 0.6) is 0 Å². The molecule has 0 aliphatic carbocycles. The lowest BCUT2D eigenvalue weighted by Crippen LogP contribution is -1.88. The van der Waals surface area contributed by atoms with Crippen molar-refractivity contribution in [3.63, 3.8) is 0 Å². The molecule has 2 heteroatoms. The number of thioether (sulfide) groups is 1. The molecule has 0 amide bonds. The maximum absolute atomic E-state index is 10.8. The maximum atomic E-state index is 10.8. The molecule has 2 aromatic carbocycles. The molecule has 1 nitrogen and oxygen atoms in total. The molecule has 0 radical (unpaired) electrons. The quantitative estimate of drug-likeness (QED) is 0.595. The van der Waals surface area contributed by atoms with Gasteiger partial charge in [0.1, 0.15) is 6.29 Å². The van der Waals surface area contributed by atoms with Crippen molar-refractivity contribution >= 4 is 18.0 Å². The van der Waals surface area contributed by atoms with E-state index in [4.69, 9.17) is 0 Å². The summed E-state index contributed by atoms with van der Waals surface area (Å²) < 4.78 is 0. The second-order valence-electron chi connectivity index (χ2n) is 4.35. The molecule has 18 heavy (non-hydrogen) atoms. The predicted octanol–water partition coefficient (Wildman–Crippen LogP) is 4.41. The highest BCUT2D eigenvalue weighted by atomic mass is 32.2. The molecule has 0 aromatic heterocycles. The summed E-state index contributed by atoms with van der Waals surface area (Å²) in [7, 11) is 0. The fourth-order valence-corrected chi connectivity index (χ4v) is 2.87. The first-order valence-corrected chi connectivity index (χ1v) is 6.92. The summed E-state index contributed by atoms with van der Waals surface area (Å²) in [6.07, 6.45) is 0.908. The van der Waals surface area contributed by atoms with Crippen LogP contribution in [-0.2, 0) is 5.75 Å². The third-order valence-electron chi connectivity index (χ3n) is 3.02. The predicted molar refractivity (Wildman–Crippen MR) is 77.3 cm³/mol. The van der Waals surface area contributed by atoms with Crippen molar-refractivity contribution in [1.82, 2.24) is 0 Å². The van der Waals surface area contributed by atoms with Crippen molar-refractivity contribution in [3.05, 3.63) is 64.7 Å². The summed E-state index contributed by atoms with van der Waals surface area (Å²) >= 11 is 1.81. The molecule has 0 aliphatic rings. The van der Waals surface area contributed by atoms with Gasteiger partial charge < -0.3 is 0 Å². The fourth-order valence-electron chi connectivity index (χ4n) is 1.80. The van der Waals surface area contributed by atoms with Gasteiger partial charge in [0.25, 0.3) is 0 Å². The molecule has 0 spiro atoms. The molecule has 0 unspecified atom stereocenters. The number of carbonyl (C=O) groups is 1. The molecule has 2 rings (SSSR count). The SMILES string of the molecule is Cc1cc(SCc2ccccc2C)ccc1C=O. The van der Waals surface area contributed by atoms with Gasteiger partial charge in [0.2, 0.25) is 0 Å². The smallest absolute Gasteiger partial charge is 0.150 e. The van der Waals surface area contributed by atoms with E-state index in [2.05, 4.69) is 37.3 Å². The molecule has 92 valence electrons. The first-order valence-electron chi connectivity index (χ1n) is 5.94. The Morgan fingerprint density at radius 3 is 2.50 bits per heavy atom. The van der Waals surface area contributed by atoms with Gasteiger partial charge in [-0.1, -0.05) is 30.3 Å². The zero-order valence-corrected chi connectivity index (χ0v) is 11.5. The van der Waals surface area contributed by atoms with Crippen LogP contribution < -0.4 is 0 Å². The van der Waals surface area contributed by atoms with Crippen molar-refractivity contribution < 1.29 is 4.79 Å². The average Bonchev–Trinajstić information content (AvgIpc) is 2.38. The second-order valence-corrected chi connectivity index (χ2v) is 5.40. The summed E-state index contributed by atoms with van der Waals surface area (Å²) in [4.78, 5) is 12.0. The zero-order chi connectivity index (χ0) is 13.0. The van der Waals surface area contributed by atoms with E-state index in [1.54, 1.807) is 11.8 Å². The number of rotatable bonds is 4. The van der Waals surface area contributed by atoms with E-state index in [-0.39, 0.29) is 0 Å². The van der Waals surface area contributed by atoms with E-state index in [1.807, 2.05) is 19.1 Å². The Balaban J connectivity index is 2.09. The van der Waals surface area contributed by atoms with Crippen LogP contribution in [0.1, 0.15) is 27.0 Å². The normalized spacial score (nSPS) is 10.3. The topological polar surface area (TPSA) is 17.1 Å². The van der Waals surface area contributed by atoms with Gasteiger partial charge in [-0.25, -0.2) is 0 Å². The first-order chi connectivity index (χ1) is 8.70. The summed E-state index contributed by atoms with van der Waals surface area (Å²) in [6, 6.07) is 14.4. The van der Waals surface area contributed by atoms with E-state index in [0.29, 0.717) is 0 Å². The standard InChI is InChI=1S/C16H16OS/c1-12-5-3-4-6-15(12)11-18-16-8-7-14(10-17)13(2)9-16/h3-10H,11H2,1-2H3. The largest absolute Gasteiger partial charge is 0.298 e. The third kappa shape index (κ3) is 3.02. The fraction of sp³-hybridized carbons (Fsp3) is 0.188. The second kappa shape index (κ2) is 5.87. The lowest BCUT2D eigenvalue weighted by Gasteiger charge is -2.07. The number of benzene rings is 2.